The fraction of sp³-hybridized carbons (Fsp3) is 0.433. The normalized spacial score (nSPS) is 33.2. The molecule has 2 fully saturated rings. The maximum Gasteiger partial charge on any atom is 0.229 e. The summed E-state index contributed by atoms with van der Waals surface area (Å²) in [5.74, 6) is -0.352. The predicted octanol–water partition coefficient (Wildman–Crippen LogP) is 0.526. The second-order valence-electron chi connectivity index (χ2n) is 11.1. The lowest BCUT2D eigenvalue weighted by molar-refractivity contribution is -0.267. The second-order valence-corrected chi connectivity index (χ2v) is 11.1. The first-order chi connectivity index (χ1) is 20.4. The zero-order valence-corrected chi connectivity index (χ0v) is 23.3. The minimum atomic E-state index is -1.68. The highest BCUT2D eigenvalue weighted by atomic mass is 16.7. The van der Waals surface area contributed by atoms with E-state index < -0.39 is 66.8 Å². The van der Waals surface area contributed by atoms with Crippen molar-refractivity contribution in [3.05, 3.63) is 52.2 Å². The van der Waals surface area contributed by atoms with Crippen LogP contribution in [0.25, 0.3) is 32.7 Å². The van der Waals surface area contributed by atoms with Crippen LogP contribution in [-0.4, -0.2) is 97.2 Å². The Labute approximate surface area is 243 Å². The first-order valence-corrected chi connectivity index (χ1v) is 13.8. The molecule has 10 atom stereocenters. The van der Waals surface area contributed by atoms with Crippen molar-refractivity contribution in [2.45, 2.75) is 82.2 Å². The van der Waals surface area contributed by atoms with Crippen LogP contribution >= 0.6 is 0 Å². The highest BCUT2D eigenvalue weighted by molar-refractivity contribution is 6.12. The van der Waals surface area contributed by atoms with Gasteiger partial charge < -0.3 is 59.1 Å². The molecule has 4 aromatic rings. The van der Waals surface area contributed by atoms with E-state index in [1.807, 2.05) is 0 Å². The van der Waals surface area contributed by atoms with Crippen LogP contribution in [0.15, 0.2) is 45.6 Å². The molecule has 230 valence electrons. The number of aromatic hydroxyl groups is 1. The van der Waals surface area contributed by atoms with Crippen LogP contribution in [0.3, 0.4) is 0 Å². The van der Waals surface area contributed by atoms with E-state index >= 15 is 0 Å². The first-order valence-electron chi connectivity index (χ1n) is 13.8. The number of benzene rings is 3. The van der Waals surface area contributed by atoms with Crippen molar-refractivity contribution in [1.29, 1.82) is 0 Å². The van der Waals surface area contributed by atoms with Gasteiger partial charge in [0.2, 0.25) is 18.0 Å². The van der Waals surface area contributed by atoms with Gasteiger partial charge >= 0.3 is 0 Å². The molecule has 0 aliphatic carbocycles. The summed E-state index contributed by atoms with van der Waals surface area (Å²) in [6.45, 7) is 4.76. The lowest BCUT2D eigenvalue weighted by Crippen LogP contribution is -2.58. The Morgan fingerprint density at radius 2 is 1.26 bits per heavy atom. The Morgan fingerprint density at radius 1 is 0.698 bits per heavy atom. The Bertz CT molecular complexity index is 1750. The molecule has 2 aliphatic heterocycles. The number of aryl methyl sites for hydroxylation is 1. The van der Waals surface area contributed by atoms with E-state index in [4.69, 9.17) is 23.4 Å². The molecule has 1 aromatic heterocycles. The molecule has 2 aliphatic rings. The van der Waals surface area contributed by atoms with Gasteiger partial charge in [-0.05, 0) is 56.0 Å². The van der Waals surface area contributed by atoms with Gasteiger partial charge in [-0.1, -0.05) is 12.1 Å². The lowest BCUT2D eigenvalue weighted by Gasteiger charge is -2.39. The number of phenolic OH excluding ortho intramolecular Hbond substituents is 1. The van der Waals surface area contributed by atoms with Crippen molar-refractivity contribution in [3.63, 3.8) is 0 Å². The maximum absolute atomic E-state index is 14.0. The van der Waals surface area contributed by atoms with Crippen molar-refractivity contribution < 1.29 is 59.1 Å². The highest BCUT2D eigenvalue weighted by Crippen LogP contribution is 2.42. The molecule has 0 radical (unpaired) electrons. The Hall–Kier alpha value is -3.53. The predicted molar refractivity (Wildman–Crippen MR) is 150 cm³/mol. The summed E-state index contributed by atoms with van der Waals surface area (Å²) >= 11 is 0. The number of aliphatic hydroxyl groups excluding tert-OH is 6. The fourth-order valence-corrected chi connectivity index (χ4v) is 5.63. The molecule has 1 unspecified atom stereocenters. The second kappa shape index (κ2) is 10.9. The zero-order chi connectivity index (χ0) is 30.9. The van der Waals surface area contributed by atoms with Gasteiger partial charge in [0.05, 0.1) is 17.6 Å². The fourth-order valence-electron chi connectivity index (χ4n) is 5.63. The molecule has 0 spiro atoms. The van der Waals surface area contributed by atoms with Gasteiger partial charge in [0.1, 0.15) is 70.2 Å². The summed E-state index contributed by atoms with van der Waals surface area (Å²) < 4.78 is 29.5. The van der Waals surface area contributed by atoms with E-state index in [1.165, 1.54) is 38.1 Å². The average Bonchev–Trinajstić information content (AvgIpc) is 2.96. The van der Waals surface area contributed by atoms with Gasteiger partial charge in [-0.25, -0.2) is 0 Å². The van der Waals surface area contributed by atoms with E-state index in [0.29, 0.717) is 10.9 Å². The molecule has 13 heteroatoms. The monoisotopic (exact) mass is 600 g/mol. The number of phenols is 1. The number of hydrogen-bond acceptors (Lipinski definition) is 13. The van der Waals surface area contributed by atoms with Gasteiger partial charge in [0, 0.05) is 0 Å². The molecule has 3 aromatic carbocycles. The number of hydrogen-bond donors (Lipinski definition) is 7. The summed E-state index contributed by atoms with van der Waals surface area (Å²) in [5.41, 5.74) is -0.000347. The third kappa shape index (κ3) is 4.87. The smallest absolute Gasteiger partial charge is 0.229 e. The summed E-state index contributed by atoms with van der Waals surface area (Å²) in [4.78, 5) is 14.0. The van der Waals surface area contributed by atoms with E-state index in [0.717, 1.165) is 0 Å². The van der Waals surface area contributed by atoms with Crippen LogP contribution < -0.4 is 14.9 Å². The van der Waals surface area contributed by atoms with Crippen LogP contribution in [-0.2, 0) is 9.47 Å². The van der Waals surface area contributed by atoms with Crippen molar-refractivity contribution in [1.82, 2.24) is 0 Å². The molecular weight excluding hydrogens is 568 g/mol. The maximum atomic E-state index is 14.0. The minimum absolute atomic E-state index is 0.0385. The highest BCUT2D eigenvalue weighted by Gasteiger charge is 2.45. The van der Waals surface area contributed by atoms with Crippen molar-refractivity contribution in [2.24, 2.45) is 0 Å². The number of fused-ring (bicyclic) bond motifs is 4. The first kappa shape index (κ1) is 29.5. The number of rotatable bonds is 4. The Kier molecular flexibility index (Phi) is 7.47. The lowest BCUT2D eigenvalue weighted by atomic mass is 9.99. The zero-order valence-electron chi connectivity index (χ0n) is 23.3. The van der Waals surface area contributed by atoms with E-state index in [9.17, 15) is 40.5 Å². The molecular formula is C30H32O13. The van der Waals surface area contributed by atoms with E-state index in [1.54, 1.807) is 19.1 Å². The van der Waals surface area contributed by atoms with Crippen LogP contribution in [0.1, 0.15) is 19.4 Å². The molecule has 7 N–H and O–H groups in total. The summed E-state index contributed by atoms with van der Waals surface area (Å²) in [6, 6.07) is 9.13. The number of ether oxygens (including phenoxy) is 4. The largest absolute Gasteiger partial charge is 0.507 e. The molecule has 0 bridgehead atoms. The van der Waals surface area contributed by atoms with Gasteiger partial charge in [0.25, 0.3) is 0 Å². The molecule has 13 nitrogen and oxygen atoms in total. The average molecular weight is 601 g/mol. The standard InChI is InChI=1S/C30H32O13/c1-10-7-13-9-17(43-30-27(38)25(36)22(33)12(3)40-30)20-23(34)19-14(31)5-4-6-15(19)41-28(20)18(13)16(8-10)42-29-26(37)24(35)21(32)11(2)39-29/h4-9,11-12,21-22,24-27,29-33,35-38H,1-3H3/t11-,12-,21-,22-,24+,25+,26+,27?,29-,30-/m0/s1. The summed E-state index contributed by atoms with van der Waals surface area (Å²) in [7, 11) is 0. The van der Waals surface area contributed by atoms with Crippen molar-refractivity contribution in [3.8, 4) is 17.2 Å². The van der Waals surface area contributed by atoms with Crippen LogP contribution in [0, 0.1) is 6.92 Å². The SMILES string of the molecule is Cc1cc(O[C@@H]2O[C@@H](C)[C@H](O)[C@@H](O)[C@H]2O)c2c(c1)cc(O[C@@H]1O[C@@H](C)[C@H](O)[C@@H](O)C1O)c1c(=O)c3c(O)cccc3oc12. The van der Waals surface area contributed by atoms with Gasteiger partial charge in [-0.3, -0.25) is 4.79 Å². The summed E-state index contributed by atoms with van der Waals surface area (Å²) in [6.07, 6.45) is -13.9. The quantitative estimate of drug-likeness (QED) is 0.126. The molecule has 0 amide bonds. The third-order valence-electron chi connectivity index (χ3n) is 8.04. The van der Waals surface area contributed by atoms with Gasteiger partial charge in [-0.15, -0.1) is 0 Å². The topological polar surface area (TPSA) is 209 Å². The van der Waals surface area contributed by atoms with E-state index in [2.05, 4.69) is 0 Å². The number of aliphatic hydroxyl groups is 6. The Balaban J connectivity index is 1.58. The van der Waals surface area contributed by atoms with Crippen LogP contribution in [0.2, 0.25) is 0 Å². The molecule has 0 saturated carbocycles. The van der Waals surface area contributed by atoms with Gasteiger partial charge in [-0.2, -0.15) is 0 Å². The molecule has 6 rings (SSSR count). The molecule has 2 saturated heterocycles. The summed E-state index contributed by atoms with van der Waals surface area (Å²) in [5, 5.41) is 73.0. The minimum Gasteiger partial charge on any atom is -0.507 e. The van der Waals surface area contributed by atoms with Gasteiger partial charge in [0.15, 0.2) is 5.58 Å². The Morgan fingerprint density at radius 3 is 1.84 bits per heavy atom. The van der Waals surface area contributed by atoms with Crippen molar-refractivity contribution >= 4 is 32.7 Å². The van der Waals surface area contributed by atoms with Crippen molar-refractivity contribution in [2.75, 3.05) is 0 Å². The molecule has 43 heavy (non-hydrogen) atoms. The van der Waals surface area contributed by atoms with Crippen LogP contribution in [0.5, 0.6) is 17.2 Å². The van der Waals surface area contributed by atoms with Crippen LogP contribution in [0.4, 0.5) is 0 Å². The third-order valence-corrected chi connectivity index (χ3v) is 8.04. The molecule has 3 heterocycles. The van der Waals surface area contributed by atoms with E-state index in [-0.39, 0.29) is 44.6 Å².